The molecule has 0 saturated heterocycles. The molecule has 0 saturated carbocycles. The zero-order valence-electron chi connectivity index (χ0n) is 5.48. The molecule has 0 fully saturated rings. The van der Waals surface area contributed by atoms with E-state index < -0.39 is 0 Å². The second-order valence-corrected chi connectivity index (χ2v) is 1.72. The summed E-state index contributed by atoms with van der Waals surface area (Å²) in [6.45, 7) is 2.03. The fourth-order valence-corrected chi connectivity index (χ4v) is 0.443. The summed E-state index contributed by atoms with van der Waals surface area (Å²) in [4.78, 5) is 0. The summed E-state index contributed by atoms with van der Waals surface area (Å²) in [5.41, 5.74) is 0. The van der Waals surface area contributed by atoms with Crippen LogP contribution in [-0.4, -0.2) is 5.90 Å². The van der Waals surface area contributed by atoms with E-state index in [4.69, 9.17) is 10.7 Å². The molecule has 50 valence electrons. The summed E-state index contributed by atoms with van der Waals surface area (Å²) >= 11 is 0. The van der Waals surface area contributed by atoms with Gasteiger partial charge < -0.3 is 4.74 Å². The highest BCUT2D eigenvalue weighted by Crippen LogP contribution is 1.95. The maximum Gasteiger partial charge on any atom is 0.293 e. The zero-order chi connectivity index (χ0) is 7.11. The van der Waals surface area contributed by atoms with Gasteiger partial charge in [-0.1, -0.05) is 13.3 Å². The van der Waals surface area contributed by atoms with Crippen LogP contribution in [0.3, 0.4) is 0 Å². The fourth-order valence-electron chi connectivity index (χ4n) is 0.443. The maximum atomic E-state index is 7.92. The van der Waals surface area contributed by atoms with Crippen LogP contribution in [-0.2, 0) is 4.74 Å². The molecule has 0 heterocycles. The van der Waals surface area contributed by atoms with Crippen molar-refractivity contribution < 1.29 is 4.74 Å². The van der Waals surface area contributed by atoms with Crippen LogP contribution in [0.4, 0.5) is 0 Å². The van der Waals surface area contributed by atoms with E-state index in [-0.39, 0.29) is 5.90 Å². The third-order valence-corrected chi connectivity index (χ3v) is 0.926. The lowest BCUT2D eigenvalue weighted by Crippen LogP contribution is -1.96. The molecule has 0 atom stereocenters. The quantitative estimate of drug-likeness (QED) is 0.355. The van der Waals surface area contributed by atoms with Gasteiger partial charge in [0.15, 0.2) is 0 Å². The van der Waals surface area contributed by atoms with Crippen molar-refractivity contribution >= 4 is 5.90 Å². The van der Waals surface area contributed by atoms with Crippen molar-refractivity contribution in [1.82, 2.24) is 0 Å². The van der Waals surface area contributed by atoms with E-state index in [2.05, 4.69) is 4.74 Å². The van der Waals surface area contributed by atoms with Crippen LogP contribution < -0.4 is 0 Å². The molecular weight excluding hydrogens is 116 g/mol. The molecule has 0 aliphatic carbocycles. The smallest absolute Gasteiger partial charge is 0.293 e. The van der Waals surface area contributed by atoms with Gasteiger partial charge in [0.25, 0.3) is 6.26 Å². The lowest BCUT2D eigenvalue weighted by Gasteiger charge is -1.94. The minimum absolute atomic E-state index is 0.0688. The summed E-state index contributed by atoms with van der Waals surface area (Å²) in [7, 11) is 0. The molecule has 0 aromatic rings. The highest BCUT2D eigenvalue weighted by Gasteiger charge is 1.93. The van der Waals surface area contributed by atoms with E-state index >= 15 is 0 Å². The largest absolute Gasteiger partial charge is 0.373 e. The number of nitrogens with zero attached hydrogens (tertiary/aromatic N) is 1. The predicted octanol–water partition coefficient (Wildman–Crippen LogP) is 1.65. The highest BCUT2D eigenvalue weighted by molar-refractivity contribution is 5.73. The Kier molecular flexibility index (Phi) is 4.51. The number of nitriles is 1. The number of nitrogens with one attached hydrogen (secondary N) is 1. The Morgan fingerprint density at radius 2 is 2.44 bits per heavy atom. The number of ether oxygens (including phenoxy) is 1. The third kappa shape index (κ3) is 4.82. The number of hydrogen-bond acceptors (Lipinski definition) is 3. The minimum atomic E-state index is 0.0688. The van der Waals surface area contributed by atoms with Crippen LogP contribution in [0.5, 0.6) is 0 Å². The van der Waals surface area contributed by atoms with Crippen molar-refractivity contribution in [2.45, 2.75) is 26.2 Å². The lowest BCUT2D eigenvalue weighted by molar-refractivity contribution is 0.473. The Morgan fingerprint density at radius 3 is 2.89 bits per heavy atom. The summed E-state index contributed by atoms with van der Waals surface area (Å²) in [6.07, 6.45) is 3.97. The normalized spacial score (nSPS) is 8.00. The van der Waals surface area contributed by atoms with Crippen molar-refractivity contribution in [3.8, 4) is 6.26 Å². The van der Waals surface area contributed by atoms with Crippen molar-refractivity contribution in [3.63, 3.8) is 0 Å². The van der Waals surface area contributed by atoms with Crippen molar-refractivity contribution in [1.29, 1.82) is 10.7 Å². The molecule has 3 nitrogen and oxygen atoms in total. The van der Waals surface area contributed by atoms with Gasteiger partial charge in [0, 0.05) is 6.42 Å². The standard InChI is InChI=1S/C6H10N2O/c1-2-3-4-6(8)9-5-7/h8H,2-4H2,1H3. The predicted molar refractivity (Wildman–Crippen MR) is 33.9 cm³/mol. The molecule has 3 heteroatoms. The van der Waals surface area contributed by atoms with Gasteiger partial charge in [0.2, 0.25) is 5.90 Å². The first-order chi connectivity index (χ1) is 4.31. The van der Waals surface area contributed by atoms with Gasteiger partial charge in [-0.05, 0) is 6.42 Å². The first-order valence-electron chi connectivity index (χ1n) is 2.94. The van der Waals surface area contributed by atoms with Crippen LogP contribution >= 0.6 is 0 Å². The molecule has 0 spiro atoms. The lowest BCUT2D eigenvalue weighted by atomic mass is 10.2. The summed E-state index contributed by atoms with van der Waals surface area (Å²) < 4.78 is 4.23. The molecule has 0 aromatic carbocycles. The monoisotopic (exact) mass is 126 g/mol. The summed E-state index contributed by atoms with van der Waals surface area (Å²) in [5.74, 6) is 0.0688. The second kappa shape index (κ2) is 5.10. The molecule has 0 unspecified atom stereocenters. The van der Waals surface area contributed by atoms with E-state index in [1.165, 1.54) is 6.26 Å². The maximum absolute atomic E-state index is 7.92. The SMILES string of the molecule is CCCCC(=N)OC#N. The topological polar surface area (TPSA) is 56.9 Å². The van der Waals surface area contributed by atoms with Crippen molar-refractivity contribution in [2.75, 3.05) is 0 Å². The van der Waals surface area contributed by atoms with Crippen LogP contribution in [0.1, 0.15) is 26.2 Å². The molecule has 0 bridgehead atoms. The Balaban J connectivity index is 3.19. The third-order valence-electron chi connectivity index (χ3n) is 0.926. The van der Waals surface area contributed by atoms with Crippen LogP contribution in [0.15, 0.2) is 0 Å². The number of unbranched alkanes of at least 4 members (excludes halogenated alkanes) is 1. The summed E-state index contributed by atoms with van der Waals surface area (Å²) in [5, 5.41) is 14.9. The average molecular weight is 126 g/mol. The van der Waals surface area contributed by atoms with Gasteiger partial charge in [0.1, 0.15) is 0 Å². The highest BCUT2D eigenvalue weighted by atomic mass is 16.5. The van der Waals surface area contributed by atoms with Crippen molar-refractivity contribution in [3.05, 3.63) is 0 Å². The minimum Gasteiger partial charge on any atom is -0.373 e. The van der Waals surface area contributed by atoms with Crippen molar-refractivity contribution in [2.24, 2.45) is 0 Å². The number of rotatable bonds is 3. The first kappa shape index (κ1) is 7.96. The second-order valence-electron chi connectivity index (χ2n) is 1.72. The van der Waals surface area contributed by atoms with Gasteiger partial charge in [-0.3, -0.25) is 5.41 Å². The van der Waals surface area contributed by atoms with E-state index in [1.54, 1.807) is 0 Å². The molecule has 0 aromatic heterocycles. The van der Waals surface area contributed by atoms with Gasteiger partial charge in [-0.15, -0.1) is 5.26 Å². The molecular formula is C6H10N2O. The molecule has 0 aliphatic rings. The molecule has 9 heavy (non-hydrogen) atoms. The fraction of sp³-hybridized carbons (Fsp3) is 0.667. The Hall–Kier alpha value is -1.04. The van der Waals surface area contributed by atoms with Gasteiger partial charge in [-0.25, -0.2) is 0 Å². The van der Waals surface area contributed by atoms with Gasteiger partial charge in [-0.2, -0.15) is 0 Å². The Morgan fingerprint density at radius 1 is 1.78 bits per heavy atom. The zero-order valence-corrected chi connectivity index (χ0v) is 5.48. The van der Waals surface area contributed by atoms with E-state index in [9.17, 15) is 0 Å². The van der Waals surface area contributed by atoms with Crippen LogP contribution in [0.25, 0.3) is 0 Å². The van der Waals surface area contributed by atoms with Gasteiger partial charge >= 0.3 is 0 Å². The van der Waals surface area contributed by atoms with E-state index in [0.29, 0.717) is 6.42 Å². The van der Waals surface area contributed by atoms with E-state index in [0.717, 1.165) is 12.8 Å². The molecule has 0 amide bonds. The Labute approximate surface area is 54.8 Å². The first-order valence-corrected chi connectivity index (χ1v) is 2.94. The summed E-state index contributed by atoms with van der Waals surface area (Å²) in [6, 6.07) is 0. The molecule has 0 aliphatic heterocycles. The van der Waals surface area contributed by atoms with Crippen LogP contribution in [0, 0.1) is 16.9 Å². The molecule has 1 N–H and O–H groups in total. The van der Waals surface area contributed by atoms with E-state index in [1.807, 2.05) is 6.92 Å². The molecule has 0 radical (unpaired) electrons. The van der Waals surface area contributed by atoms with Gasteiger partial charge in [0.05, 0.1) is 0 Å². The number of hydrogen-bond donors (Lipinski definition) is 1. The Bertz CT molecular complexity index is 126. The molecule has 0 rings (SSSR count). The van der Waals surface area contributed by atoms with Crippen LogP contribution in [0.2, 0.25) is 0 Å². The average Bonchev–Trinajstić information content (AvgIpc) is 1.85.